The summed E-state index contributed by atoms with van der Waals surface area (Å²) in [5.41, 5.74) is 0.818. The van der Waals surface area contributed by atoms with Crippen LogP contribution in [0.4, 0.5) is 5.13 Å². The Bertz CT molecular complexity index is 1010. The van der Waals surface area contributed by atoms with E-state index in [4.69, 9.17) is 21.1 Å². The van der Waals surface area contributed by atoms with Gasteiger partial charge in [0.15, 0.2) is 16.6 Å². The van der Waals surface area contributed by atoms with Crippen molar-refractivity contribution in [3.8, 4) is 11.5 Å². The minimum absolute atomic E-state index is 0.165. The van der Waals surface area contributed by atoms with Crippen LogP contribution in [0.15, 0.2) is 42.5 Å². The number of aromatic nitrogens is 1. The van der Waals surface area contributed by atoms with E-state index in [1.807, 2.05) is 49.3 Å². The molecule has 4 rings (SSSR count). The number of rotatable bonds is 5. The maximum absolute atomic E-state index is 13.3. The Morgan fingerprint density at radius 2 is 2.00 bits per heavy atom. The molecule has 1 aliphatic rings. The molecular weight excluding hydrogens is 398 g/mol. The van der Waals surface area contributed by atoms with E-state index in [0.29, 0.717) is 34.7 Å². The van der Waals surface area contributed by atoms with Crippen LogP contribution in [-0.2, 0) is 4.79 Å². The largest absolute Gasteiger partial charge is 0.485 e. The van der Waals surface area contributed by atoms with Crippen LogP contribution >= 0.6 is 22.9 Å². The number of nitrogens with zero attached hydrogens (tertiary/aromatic N) is 3. The van der Waals surface area contributed by atoms with Crippen molar-refractivity contribution in [2.75, 3.05) is 38.7 Å². The summed E-state index contributed by atoms with van der Waals surface area (Å²) < 4.78 is 12.6. The van der Waals surface area contributed by atoms with E-state index in [1.54, 1.807) is 17.0 Å². The van der Waals surface area contributed by atoms with Gasteiger partial charge in [-0.3, -0.25) is 9.69 Å². The Balaban J connectivity index is 1.62. The molecular formula is C20H20ClN3O3S. The van der Waals surface area contributed by atoms with Crippen LogP contribution < -0.4 is 14.4 Å². The van der Waals surface area contributed by atoms with Crippen LogP contribution in [0, 0.1) is 0 Å². The normalized spacial score (nSPS) is 15.8. The zero-order chi connectivity index (χ0) is 19.7. The molecule has 0 N–H and O–H groups in total. The van der Waals surface area contributed by atoms with Crippen molar-refractivity contribution in [3.05, 3.63) is 47.5 Å². The molecule has 1 amide bonds. The van der Waals surface area contributed by atoms with Gasteiger partial charge in [0, 0.05) is 18.1 Å². The predicted octanol–water partition coefficient (Wildman–Crippen LogP) is 3.68. The molecule has 1 aromatic heterocycles. The summed E-state index contributed by atoms with van der Waals surface area (Å²) in [6.07, 6.45) is -0.715. The summed E-state index contributed by atoms with van der Waals surface area (Å²) in [5, 5.41) is 1.28. The lowest BCUT2D eigenvalue weighted by Crippen LogP contribution is -2.48. The van der Waals surface area contributed by atoms with Crippen molar-refractivity contribution in [1.29, 1.82) is 0 Å². The summed E-state index contributed by atoms with van der Waals surface area (Å²) in [5.74, 6) is 1.07. The van der Waals surface area contributed by atoms with Crippen LogP contribution in [0.1, 0.15) is 0 Å². The Morgan fingerprint density at radius 1 is 1.21 bits per heavy atom. The van der Waals surface area contributed by atoms with Gasteiger partial charge in [0.05, 0.1) is 10.2 Å². The number of carbonyl (C=O) groups excluding carboxylic acids is 1. The second-order valence-electron chi connectivity index (χ2n) is 6.77. The van der Waals surface area contributed by atoms with Crippen molar-refractivity contribution < 1.29 is 14.3 Å². The van der Waals surface area contributed by atoms with E-state index in [1.165, 1.54) is 11.3 Å². The van der Waals surface area contributed by atoms with E-state index in [-0.39, 0.29) is 12.5 Å². The SMILES string of the molecule is CN(C)CCN(C(=O)[C@@H]1COc2ccccc2O1)c1nc2ccc(Cl)cc2s1. The molecule has 0 fully saturated rings. The maximum Gasteiger partial charge on any atom is 0.273 e. The minimum Gasteiger partial charge on any atom is -0.485 e. The number of hydrogen-bond acceptors (Lipinski definition) is 6. The fourth-order valence-electron chi connectivity index (χ4n) is 2.92. The van der Waals surface area contributed by atoms with Gasteiger partial charge in [-0.2, -0.15) is 0 Å². The van der Waals surface area contributed by atoms with Crippen LogP contribution in [0.3, 0.4) is 0 Å². The van der Waals surface area contributed by atoms with Gasteiger partial charge in [0.2, 0.25) is 6.10 Å². The smallest absolute Gasteiger partial charge is 0.273 e. The molecule has 2 heterocycles. The number of benzene rings is 2. The molecule has 0 saturated heterocycles. The third-order valence-electron chi connectivity index (χ3n) is 4.39. The second-order valence-corrected chi connectivity index (χ2v) is 8.21. The van der Waals surface area contributed by atoms with E-state index in [9.17, 15) is 4.79 Å². The Hall–Kier alpha value is -2.35. The predicted molar refractivity (Wildman–Crippen MR) is 112 cm³/mol. The topological polar surface area (TPSA) is 54.9 Å². The average Bonchev–Trinajstić information content (AvgIpc) is 3.10. The number of ether oxygens (including phenoxy) is 2. The highest BCUT2D eigenvalue weighted by molar-refractivity contribution is 7.22. The summed E-state index contributed by atoms with van der Waals surface area (Å²) in [6.45, 7) is 1.37. The number of likely N-dealkylation sites (N-methyl/N-ethyl adjacent to an activating group) is 1. The van der Waals surface area contributed by atoms with Gasteiger partial charge in [0.1, 0.15) is 6.61 Å². The molecule has 0 bridgehead atoms. The van der Waals surface area contributed by atoms with Crippen LogP contribution in [-0.4, -0.2) is 55.7 Å². The standard InChI is InChI=1S/C20H20ClN3O3S/c1-23(2)9-10-24(20-22-14-8-7-13(21)11-18(14)28-20)19(25)17-12-26-15-5-3-4-6-16(15)27-17/h3-8,11,17H,9-10,12H2,1-2H3/t17-/m0/s1. The van der Waals surface area contributed by atoms with Gasteiger partial charge < -0.3 is 14.4 Å². The lowest BCUT2D eigenvalue weighted by atomic mass is 10.2. The van der Waals surface area contributed by atoms with E-state index in [2.05, 4.69) is 4.98 Å². The van der Waals surface area contributed by atoms with Crippen LogP contribution in [0.2, 0.25) is 5.02 Å². The fraction of sp³-hybridized carbons (Fsp3) is 0.300. The number of thiazole rings is 1. The highest BCUT2D eigenvalue weighted by Crippen LogP contribution is 2.34. The monoisotopic (exact) mass is 417 g/mol. The molecule has 0 spiro atoms. The molecule has 0 unspecified atom stereocenters. The zero-order valence-electron chi connectivity index (χ0n) is 15.6. The van der Waals surface area contributed by atoms with Gasteiger partial charge in [0.25, 0.3) is 5.91 Å². The quantitative estimate of drug-likeness (QED) is 0.633. The number of fused-ring (bicyclic) bond motifs is 2. The van der Waals surface area contributed by atoms with Crippen molar-refractivity contribution in [2.24, 2.45) is 0 Å². The van der Waals surface area contributed by atoms with Gasteiger partial charge in [-0.25, -0.2) is 4.98 Å². The van der Waals surface area contributed by atoms with Gasteiger partial charge >= 0.3 is 0 Å². The van der Waals surface area contributed by atoms with Crippen molar-refractivity contribution in [2.45, 2.75) is 6.10 Å². The first-order chi connectivity index (χ1) is 13.5. The highest BCUT2D eigenvalue weighted by atomic mass is 35.5. The third kappa shape index (κ3) is 3.92. The van der Waals surface area contributed by atoms with Crippen LogP contribution in [0.5, 0.6) is 11.5 Å². The lowest BCUT2D eigenvalue weighted by molar-refractivity contribution is -0.127. The number of carbonyl (C=O) groups is 1. The zero-order valence-corrected chi connectivity index (χ0v) is 17.2. The first-order valence-corrected chi connectivity index (χ1v) is 10.1. The maximum atomic E-state index is 13.3. The molecule has 8 heteroatoms. The number of para-hydroxylation sites is 2. The van der Waals surface area contributed by atoms with E-state index < -0.39 is 6.10 Å². The molecule has 1 aliphatic heterocycles. The number of hydrogen-bond donors (Lipinski definition) is 0. The minimum atomic E-state index is -0.715. The number of amides is 1. The molecule has 6 nitrogen and oxygen atoms in total. The molecule has 28 heavy (non-hydrogen) atoms. The van der Waals surface area contributed by atoms with Gasteiger partial charge in [-0.05, 0) is 44.4 Å². The Morgan fingerprint density at radius 3 is 2.79 bits per heavy atom. The summed E-state index contributed by atoms with van der Waals surface area (Å²) in [6, 6.07) is 12.9. The van der Waals surface area contributed by atoms with E-state index >= 15 is 0 Å². The fourth-order valence-corrected chi connectivity index (χ4v) is 4.19. The van der Waals surface area contributed by atoms with Crippen molar-refractivity contribution in [3.63, 3.8) is 0 Å². The molecule has 0 saturated carbocycles. The number of halogens is 1. The van der Waals surface area contributed by atoms with Crippen molar-refractivity contribution in [1.82, 2.24) is 9.88 Å². The Kier molecular flexibility index (Phi) is 5.39. The van der Waals surface area contributed by atoms with Crippen LogP contribution in [0.25, 0.3) is 10.2 Å². The molecule has 1 atom stereocenters. The molecule has 2 aromatic carbocycles. The summed E-state index contributed by atoms with van der Waals surface area (Å²) >= 11 is 7.54. The van der Waals surface area contributed by atoms with Crippen molar-refractivity contribution >= 4 is 44.2 Å². The number of anilines is 1. The average molecular weight is 418 g/mol. The molecule has 3 aromatic rings. The Labute approximate surface area is 172 Å². The first-order valence-electron chi connectivity index (χ1n) is 8.92. The van der Waals surface area contributed by atoms with E-state index in [0.717, 1.165) is 10.2 Å². The molecule has 146 valence electrons. The summed E-state index contributed by atoms with van der Waals surface area (Å²) in [7, 11) is 3.94. The van der Waals surface area contributed by atoms with Gasteiger partial charge in [-0.15, -0.1) is 0 Å². The highest BCUT2D eigenvalue weighted by Gasteiger charge is 2.33. The third-order valence-corrected chi connectivity index (χ3v) is 5.67. The summed E-state index contributed by atoms with van der Waals surface area (Å²) in [4.78, 5) is 21.7. The second kappa shape index (κ2) is 7.95. The molecule has 0 radical (unpaired) electrons. The molecule has 0 aliphatic carbocycles. The van der Waals surface area contributed by atoms with Gasteiger partial charge in [-0.1, -0.05) is 35.1 Å². The first kappa shape index (κ1) is 19.0. The lowest BCUT2D eigenvalue weighted by Gasteiger charge is -2.30.